The van der Waals surface area contributed by atoms with Crippen LogP contribution in [0.3, 0.4) is 0 Å². The van der Waals surface area contributed by atoms with Crippen LogP contribution in [0.1, 0.15) is 5.69 Å². The van der Waals surface area contributed by atoms with Crippen LogP contribution in [0.4, 0.5) is 18.9 Å². The fourth-order valence-electron chi connectivity index (χ4n) is 1.29. The van der Waals surface area contributed by atoms with Crippen molar-refractivity contribution in [3.63, 3.8) is 0 Å². The number of alkyl halides is 3. The fraction of sp³-hybridized carbons (Fsp3) is 0.0909. The van der Waals surface area contributed by atoms with Crippen molar-refractivity contribution < 1.29 is 17.9 Å². The van der Waals surface area contributed by atoms with Crippen molar-refractivity contribution in [2.75, 3.05) is 5.73 Å². The molecule has 2 N–H and O–H groups in total. The summed E-state index contributed by atoms with van der Waals surface area (Å²) in [5, 5.41) is -0.547. The van der Waals surface area contributed by atoms with Crippen molar-refractivity contribution in [2.45, 2.75) is 6.18 Å². The number of nitrogens with two attached hydrogens (primary N) is 1. The summed E-state index contributed by atoms with van der Waals surface area (Å²) in [6.45, 7) is 0. The van der Waals surface area contributed by atoms with E-state index in [2.05, 4.69) is 9.97 Å². The molecule has 0 bridgehead atoms. The lowest BCUT2D eigenvalue weighted by molar-refractivity contribution is -0.141. The van der Waals surface area contributed by atoms with Crippen molar-refractivity contribution in [1.29, 1.82) is 0 Å². The van der Waals surface area contributed by atoms with Crippen LogP contribution in [0.25, 0.3) is 0 Å². The molecule has 1 aromatic heterocycles. The largest absolute Gasteiger partial charge is 0.439 e. The summed E-state index contributed by atoms with van der Waals surface area (Å²) in [6.07, 6.45) is -4.62. The summed E-state index contributed by atoms with van der Waals surface area (Å²) >= 11 is 5.43. The molecule has 1 heterocycles. The second kappa shape index (κ2) is 4.93. The molecule has 0 spiro atoms. The Hall–Kier alpha value is -2.02. The average molecular weight is 290 g/mol. The Kier molecular flexibility index (Phi) is 3.48. The SMILES string of the molecule is Nc1cccc(Oc2cc(C(F)(F)F)nc(Cl)n2)c1. The third kappa shape index (κ3) is 3.47. The lowest BCUT2D eigenvalue weighted by Crippen LogP contribution is -2.09. The van der Waals surface area contributed by atoms with Gasteiger partial charge in [-0.05, 0) is 23.7 Å². The van der Waals surface area contributed by atoms with Crippen molar-refractivity contribution in [3.05, 3.63) is 41.3 Å². The minimum Gasteiger partial charge on any atom is -0.439 e. The van der Waals surface area contributed by atoms with Gasteiger partial charge in [0.1, 0.15) is 5.75 Å². The molecule has 0 aliphatic heterocycles. The Balaban J connectivity index is 2.33. The number of hydrogen-bond donors (Lipinski definition) is 1. The Labute approximate surface area is 111 Å². The number of hydrogen-bond acceptors (Lipinski definition) is 4. The standard InChI is InChI=1S/C11H7ClF3N3O/c12-10-17-8(11(13,14)15)5-9(18-10)19-7-3-1-2-6(16)4-7/h1-5H,16H2. The molecule has 8 heteroatoms. The molecule has 100 valence electrons. The van der Waals surface area contributed by atoms with Gasteiger partial charge in [0.2, 0.25) is 11.2 Å². The van der Waals surface area contributed by atoms with E-state index < -0.39 is 17.2 Å². The van der Waals surface area contributed by atoms with Crippen LogP contribution in [0.15, 0.2) is 30.3 Å². The summed E-state index contributed by atoms with van der Waals surface area (Å²) in [5.41, 5.74) is 4.76. The molecule has 0 aliphatic rings. The fourth-order valence-corrected chi connectivity index (χ4v) is 1.47. The first-order valence-electron chi connectivity index (χ1n) is 5.00. The normalized spacial score (nSPS) is 11.4. The predicted octanol–water partition coefficient (Wildman–Crippen LogP) is 3.52. The van der Waals surface area contributed by atoms with E-state index in [1.165, 1.54) is 12.1 Å². The molecule has 0 fully saturated rings. The van der Waals surface area contributed by atoms with Gasteiger partial charge >= 0.3 is 6.18 Å². The number of anilines is 1. The third-order valence-electron chi connectivity index (χ3n) is 2.05. The van der Waals surface area contributed by atoms with Crippen molar-refractivity contribution in [3.8, 4) is 11.6 Å². The van der Waals surface area contributed by atoms with Gasteiger partial charge in [0.25, 0.3) is 0 Å². The molecule has 2 aromatic rings. The summed E-state index contributed by atoms with van der Waals surface area (Å²) in [4.78, 5) is 6.65. The van der Waals surface area contributed by atoms with Crippen LogP contribution >= 0.6 is 11.6 Å². The van der Waals surface area contributed by atoms with Crippen LogP contribution in [0, 0.1) is 0 Å². The Morgan fingerprint density at radius 3 is 2.53 bits per heavy atom. The average Bonchev–Trinajstić information content (AvgIpc) is 2.26. The van der Waals surface area contributed by atoms with Crippen LogP contribution < -0.4 is 10.5 Å². The van der Waals surface area contributed by atoms with Gasteiger partial charge in [0, 0.05) is 17.8 Å². The van der Waals surface area contributed by atoms with Gasteiger partial charge in [-0.25, -0.2) is 4.98 Å². The van der Waals surface area contributed by atoms with E-state index in [9.17, 15) is 13.2 Å². The number of nitrogens with zero attached hydrogens (tertiary/aromatic N) is 2. The predicted molar refractivity (Wildman–Crippen MR) is 63.0 cm³/mol. The Morgan fingerprint density at radius 1 is 1.16 bits per heavy atom. The van der Waals surface area contributed by atoms with E-state index >= 15 is 0 Å². The number of nitrogen functional groups attached to an aromatic ring is 1. The lowest BCUT2D eigenvalue weighted by atomic mass is 10.3. The first-order chi connectivity index (χ1) is 8.84. The highest BCUT2D eigenvalue weighted by Gasteiger charge is 2.33. The number of ether oxygens (including phenoxy) is 1. The number of halogens is 4. The van der Waals surface area contributed by atoms with Crippen LogP contribution in [0.5, 0.6) is 11.6 Å². The maximum atomic E-state index is 12.5. The summed E-state index contributed by atoms with van der Waals surface area (Å²) in [6, 6.07) is 6.84. The zero-order valence-corrected chi connectivity index (χ0v) is 10.0. The Morgan fingerprint density at radius 2 is 1.89 bits per heavy atom. The Bertz CT molecular complexity index is 604. The van der Waals surface area contributed by atoms with Crippen molar-refractivity contribution in [1.82, 2.24) is 9.97 Å². The quantitative estimate of drug-likeness (QED) is 0.679. The number of benzene rings is 1. The van der Waals surface area contributed by atoms with Gasteiger partial charge in [-0.2, -0.15) is 18.2 Å². The van der Waals surface area contributed by atoms with Gasteiger partial charge in [0.15, 0.2) is 5.69 Å². The highest BCUT2D eigenvalue weighted by Crippen LogP contribution is 2.31. The second-order valence-electron chi connectivity index (χ2n) is 3.53. The molecule has 19 heavy (non-hydrogen) atoms. The highest BCUT2D eigenvalue weighted by atomic mass is 35.5. The zero-order chi connectivity index (χ0) is 14.0. The molecule has 1 aromatic carbocycles. The molecular formula is C11H7ClF3N3O. The first-order valence-corrected chi connectivity index (χ1v) is 5.37. The number of aromatic nitrogens is 2. The second-order valence-corrected chi connectivity index (χ2v) is 3.87. The van der Waals surface area contributed by atoms with Gasteiger partial charge in [0.05, 0.1) is 0 Å². The lowest BCUT2D eigenvalue weighted by Gasteiger charge is -2.09. The van der Waals surface area contributed by atoms with Gasteiger partial charge in [-0.3, -0.25) is 0 Å². The minimum atomic E-state index is -4.62. The molecule has 0 saturated carbocycles. The van der Waals surface area contributed by atoms with Gasteiger partial charge in [-0.1, -0.05) is 6.07 Å². The monoisotopic (exact) mass is 289 g/mol. The zero-order valence-electron chi connectivity index (χ0n) is 9.28. The highest BCUT2D eigenvalue weighted by molar-refractivity contribution is 6.28. The van der Waals surface area contributed by atoms with E-state index in [4.69, 9.17) is 22.1 Å². The van der Waals surface area contributed by atoms with Gasteiger partial charge < -0.3 is 10.5 Å². The summed E-state index contributed by atoms with van der Waals surface area (Å²) < 4.78 is 42.7. The minimum absolute atomic E-state index is 0.253. The molecular weight excluding hydrogens is 283 g/mol. The number of rotatable bonds is 2. The van der Waals surface area contributed by atoms with E-state index in [1.54, 1.807) is 12.1 Å². The topological polar surface area (TPSA) is 61.0 Å². The molecule has 0 amide bonds. The van der Waals surface area contributed by atoms with E-state index in [0.717, 1.165) is 0 Å². The summed E-state index contributed by atoms with van der Waals surface area (Å²) in [5.74, 6) is -0.0548. The summed E-state index contributed by atoms with van der Waals surface area (Å²) in [7, 11) is 0. The van der Waals surface area contributed by atoms with E-state index in [0.29, 0.717) is 11.8 Å². The third-order valence-corrected chi connectivity index (χ3v) is 2.22. The van der Waals surface area contributed by atoms with E-state index in [-0.39, 0.29) is 11.6 Å². The molecule has 0 radical (unpaired) electrons. The van der Waals surface area contributed by atoms with Crippen LogP contribution in [0.2, 0.25) is 5.28 Å². The van der Waals surface area contributed by atoms with E-state index in [1.807, 2.05) is 0 Å². The molecule has 0 aliphatic carbocycles. The molecule has 0 saturated heterocycles. The molecule has 0 atom stereocenters. The molecule has 0 unspecified atom stereocenters. The van der Waals surface area contributed by atoms with Crippen LogP contribution in [-0.2, 0) is 6.18 Å². The smallest absolute Gasteiger partial charge is 0.433 e. The maximum Gasteiger partial charge on any atom is 0.433 e. The van der Waals surface area contributed by atoms with Crippen molar-refractivity contribution >= 4 is 17.3 Å². The van der Waals surface area contributed by atoms with Crippen molar-refractivity contribution in [2.24, 2.45) is 0 Å². The molecule has 2 rings (SSSR count). The first kappa shape index (κ1) is 13.4. The molecule has 4 nitrogen and oxygen atoms in total. The maximum absolute atomic E-state index is 12.5. The van der Waals surface area contributed by atoms with Gasteiger partial charge in [-0.15, -0.1) is 0 Å². The van der Waals surface area contributed by atoms with Crippen LogP contribution in [-0.4, -0.2) is 9.97 Å².